The van der Waals surface area contributed by atoms with Crippen molar-refractivity contribution < 1.29 is 4.79 Å². The third-order valence-corrected chi connectivity index (χ3v) is 9.03. The van der Waals surface area contributed by atoms with Crippen molar-refractivity contribution in [2.45, 2.75) is 188 Å². The van der Waals surface area contributed by atoms with Crippen molar-refractivity contribution in [3.8, 4) is 0 Å². The summed E-state index contributed by atoms with van der Waals surface area (Å²) in [7, 11) is 4.24. The molecule has 0 aliphatic rings. The number of hydrogen-bond acceptors (Lipinski definition) is 2. The normalized spacial score (nSPS) is 13.1. The molecule has 252 valence electrons. The number of Topliss-reactive ketones (excluding diaryl/α,β-unsaturated/α-hetero) is 1. The van der Waals surface area contributed by atoms with E-state index in [1.807, 2.05) is 0 Å². The fourth-order valence-electron chi connectivity index (χ4n) is 6.19. The fraction of sp³-hybridized carbons (Fsp3) is 0.829. The smallest absolute Gasteiger partial charge is 0.132 e. The lowest BCUT2D eigenvalue weighted by Gasteiger charge is -2.27. The van der Waals surface area contributed by atoms with E-state index in [1.165, 1.54) is 135 Å². The zero-order valence-electron chi connectivity index (χ0n) is 30.1. The lowest BCUT2D eigenvalue weighted by molar-refractivity contribution is -0.119. The summed E-state index contributed by atoms with van der Waals surface area (Å²) >= 11 is 0. The van der Waals surface area contributed by atoms with E-state index >= 15 is 0 Å². The Hall–Kier alpha value is -1.15. The van der Waals surface area contributed by atoms with E-state index in [1.54, 1.807) is 0 Å². The third-order valence-electron chi connectivity index (χ3n) is 9.03. The first-order chi connectivity index (χ1) is 21.0. The summed E-state index contributed by atoms with van der Waals surface area (Å²) in [6.07, 6.45) is 46.6. The predicted molar refractivity (Wildman–Crippen MR) is 195 cm³/mol. The topological polar surface area (TPSA) is 20.3 Å². The van der Waals surface area contributed by atoms with Crippen LogP contribution in [0.25, 0.3) is 0 Å². The van der Waals surface area contributed by atoms with Crippen LogP contribution in [0.1, 0.15) is 188 Å². The van der Waals surface area contributed by atoms with Gasteiger partial charge in [-0.2, -0.15) is 0 Å². The van der Waals surface area contributed by atoms with E-state index in [4.69, 9.17) is 0 Å². The zero-order valence-corrected chi connectivity index (χ0v) is 30.1. The van der Waals surface area contributed by atoms with Crippen molar-refractivity contribution in [2.75, 3.05) is 20.6 Å². The Balaban J connectivity index is 5.11. The Morgan fingerprint density at radius 1 is 0.465 bits per heavy atom. The standard InChI is InChI=1S/C41H77NO/c1-6-9-12-15-18-21-24-27-32-39(33-28-25-22-19-16-13-10-7-2)40(34-29-26-23-20-17-14-11-8-3)36-37-41(43)35-30-31-38-42(4)5/h18-23,39-40H,6-17,24-38H2,1-5H3/b21-18-,22-19-,23-20-. The zero-order chi connectivity index (χ0) is 31.6. The highest BCUT2D eigenvalue weighted by molar-refractivity contribution is 5.78. The highest BCUT2D eigenvalue weighted by Crippen LogP contribution is 2.32. The van der Waals surface area contributed by atoms with Crippen LogP contribution in [0.2, 0.25) is 0 Å². The van der Waals surface area contributed by atoms with Crippen LogP contribution in [-0.2, 0) is 4.79 Å². The summed E-state index contributed by atoms with van der Waals surface area (Å²) in [5, 5.41) is 0. The molecule has 43 heavy (non-hydrogen) atoms. The van der Waals surface area contributed by atoms with Crippen LogP contribution in [0.15, 0.2) is 36.5 Å². The molecule has 0 fully saturated rings. The van der Waals surface area contributed by atoms with E-state index in [-0.39, 0.29) is 0 Å². The first kappa shape index (κ1) is 41.9. The van der Waals surface area contributed by atoms with E-state index in [0.717, 1.165) is 44.6 Å². The molecular formula is C41H77NO. The second-order valence-electron chi connectivity index (χ2n) is 13.6. The van der Waals surface area contributed by atoms with Crippen LogP contribution in [-0.4, -0.2) is 31.3 Å². The minimum Gasteiger partial charge on any atom is -0.309 e. The summed E-state index contributed by atoms with van der Waals surface area (Å²) in [6.45, 7) is 7.93. The average molecular weight is 600 g/mol. The summed E-state index contributed by atoms with van der Waals surface area (Å²) in [5.74, 6) is 1.96. The monoisotopic (exact) mass is 600 g/mol. The van der Waals surface area contributed by atoms with Crippen LogP contribution in [0.5, 0.6) is 0 Å². The van der Waals surface area contributed by atoms with Gasteiger partial charge >= 0.3 is 0 Å². The van der Waals surface area contributed by atoms with Gasteiger partial charge in [0.05, 0.1) is 0 Å². The number of carbonyl (C=O) groups is 1. The summed E-state index contributed by atoms with van der Waals surface area (Å²) in [4.78, 5) is 15.1. The van der Waals surface area contributed by atoms with Crippen LogP contribution in [0.4, 0.5) is 0 Å². The van der Waals surface area contributed by atoms with E-state index in [9.17, 15) is 4.79 Å². The second kappa shape index (κ2) is 33.7. The van der Waals surface area contributed by atoms with Gasteiger partial charge in [0.2, 0.25) is 0 Å². The van der Waals surface area contributed by atoms with Crippen molar-refractivity contribution in [2.24, 2.45) is 11.8 Å². The summed E-state index contributed by atoms with van der Waals surface area (Å²) < 4.78 is 0. The quantitative estimate of drug-likeness (QED) is 0.0552. The van der Waals surface area contributed by atoms with Gasteiger partial charge in [-0.25, -0.2) is 0 Å². The van der Waals surface area contributed by atoms with E-state index < -0.39 is 0 Å². The lowest BCUT2D eigenvalue weighted by Crippen LogP contribution is -2.17. The molecule has 0 saturated heterocycles. The molecular weight excluding hydrogens is 522 g/mol. The number of hydrogen-bond donors (Lipinski definition) is 0. The number of nitrogens with zero attached hydrogens (tertiary/aromatic N) is 1. The van der Waals surface area contributed by atoms with Crippen LogP contribution in [0, 0.1) is 11.8 Å². The van der Waals surface area contributed by atoms with Gasteiger partial charge in [0.25, 0.3) is 0 Å². The molecule has 0 rings (SSSR count). The van der Waals surface area contributed by atoms with Gasteiger partial charge in [0.1, 0.15) is 5.78 Å². The molecule has 0 N–H and O–H groups in total. The summed E-state index contributed by atoms with van der Waals surface area (Å²) in [5.41, 5.74) is 0. The molecule has 1 unspecified atom stereocenters. The molecule has 1 atom stereocenters. The molecule has 0 saturated carbocycles. The summed E-state index contributed by atoms with van der Waals surface area (Å²) in [6, 6.07) is 0. The lowest BCUT2D eigenvalue weighted by atomic mass is 9.78. The van der Waals surface area contributed by atoms with Crippen LogP contribution in [0.3, 0.4) is 0 Å². The van der Waals surface area contributed by atoms with E-state index in [2.05, 4.69) is 76.2 Å². The molecule has 0 radical (unpaired) electrons. The van der Waals surface area contributed by atoms with Crippen molar-refractivity contribution in [3.63, 3.8) is 0 Å². The first-order valence-electron chi connectivity index (χ1n) is 19.2. The van der Waals surface area contributed by atoms with Gasteiger partial charge in [-0.1, -0.05) is 95.8 Å². The average Bonchev–Trinajstić information content (AvgIpc) is 2.99. The van der Waals surface area contributed by atoms with Crippen molar-refractivity contribution in [3.05, 3.63) is 36.5 Å². The van der Waals surface area contributed by atoms with Crippen LogP contribution >= 0.6 is 0 Å². The molecule has 0 amide bonds. The Kier molecular flexibility index (Phi) is 32.8. The first-order valence-corrected chi connectivity index (χ1v) is 19.2. The van der Waals surface area contributed by atoms with Crippen molar-refractivity contribution in [1.29, 1.82) is 0 Å². The van der Waals surface area contributed by atoms with Gasteiger partial charge in [-0.3, -0.25) is 4.79 Å². The maximum Gasteiger partial charge on any atom is 0.132 e. The molecule has 0 aromatic carbocycles. The molecule has 2 heteroatoms. The highest BCUT2D eigenvalue weighted by atomic mass is 16.1. The minimum absolute atomic E-state index is 0.503. The third kappa shape index (κ3) is 30.7. The molecule has 2 nitrogen and oxygen atoms in total. The van der Waals surface area contributed by atoms with Crippen LogP contribution < -0.4 is 0 Å². The molecule has 0 aromatic rings. The molecule has 0 heterocycles. The van der Waals surface area contributed by atoms with Crippen molar-refractivity contribution >= 4 is 5.78 Å². The molecule has 0 spiro atoms. The predicted octanol–water partition coefficient (Wildman–Crippen LogP) is 13.2. The Bertz CT molecular complexity index is 635. The number of unbranched alkanes of at least 4 members (excludes halogenated alkanes) is 13. The van der Waals surface area contributed by atoms with Crippen molar-refractivity contribution in [1.82, 2.24) is 4.90 Å². The number of allylic oxidation sites excluding steroid dienone is 6. The largest absolute Gasteiger partial charge is 0.309 e. The Morgan fingerprint density at radius 2 is 0.837 bits per heavy atom. The van der Waals surface area contributed by atoms with Gasteiger partial charge in [-0.05, 0) is 148 Å². The molecule has 0 aliphatic carbocycles. The van der Waals surface area contributed by atoms with Gasteiger partial charge in [0.15, 0.2) is 0 Å². The van der Waals surface area contributed by atoms with E-state index in [0.29, 0.717) is 11.7 Å². The molecule has 0 bridgehead atoms. The van der Waals surface area contributed by atoms with Gasteiger partial charge in [-0.15, -0.1) is 0 Å². The number of carbonyl (C=O) groups excluding carboxylic acids is 1. The SMILES string of the molecule is CCCCC/C=C\CCCC(CCC/C=C\CCCCC)C(CCC/C=C\CCCCC)CCC(=O)CCCCN(C)C. The maximum atomic E-state index is 12.9. The Morgan fingerprint density at radius 3 is 1.21 bits per heavy atom. The minimum atomic E-state index is 0.503. The number of ketones is 1. The highest BCUT2D eigenvalue weighted by Gasteiger charge is 2.21. The molecule has 0 aliphatic heterocycles. The Labute approximate surface area is 271 Å². The fourth-order valence-corrected chi connectivity index (χ4v) is 6.19. The van der Waals surface area contributed by atoms with Gasteiger partial charge < -0.3 is 4.90 Å². The maximum absolute atomic E-state index is 12.9. The number of rotatable bonds is 33. The molecule has 0 aromatic heterocycles. The van der Waals surface area contributed by atoms with Gasteiger partial charge in [0, 0.05) is 12.8 Å². The second-order valence-corrected chi connectivity index (χ2v) is 13.6.